The first kappa shape index (κ1) is 8.89. The van der Waals surface area contributed by atoms with Crippen LogP contribution in [0.1, 0.15) is 12.8 Å². The molecular formula is C11H14ClN. The Bertz CT molecular complexity index is 260. The van der Waals surface area contributed by atoms with Crippen LogP contribution in [0.3, 0.4) is 0 Å². The predicted molar refractivity (Wildman–Crippen MR) is 57.5 cm³/mol. The van der Waals surface area contributed by atoms with E-state index >= 15 is 0 Å². The van der Waals surface area contributed by atoms with Gasteiger partial charge in [-0.2, -0.15) is 0 Å². The fourth-order valence-corrected chi connectivity index (χ4v) is 2.12. The van der Waals surface area contributed by atoms with Crippen molar-refractivity contribution >= 4 is 17.3 Å². The third-order valence-electron chi connectivity index (χ3n) is 2.49. The highest BCUT2D eigenvalue weighted by Gasteiger charge is 2.17. The fourth-order valence-electron chi connectivity index (χ4n) is 1.80. The third-order valence-corrected chi connectivity index (χ3v) is 2.84. The van der Waals surface area contributed by atoms with Crippen molar-refractivity contribution in [2.45, 2.75) is 18.2 Å². The van der Waals surface area contributed by atoms with Crippen LogP contribution in [-0.2, 0) is 0 Å². The first-order valence-corrected chi connectivity index (χ1v) is 5.24. The maximum Gasteiger partial charge on any atom is 0.0511 e. The summed E-state index contributed by atoms with van der Waals surface area (Å²) >= 11 is 6.12. The molecule has 0 spiro atoms. The average Bonchev–Trinajstić information content (AvgIpc) is 2.19. The molecule has 1 fully saturated rings. The standard InChI is InChI=1S/C11H14ClN/c12-10-5-4-8-13(9-10)11-6-2-1-3-7-11/h1-3,6-7,10H,4-5,8-9H2. The van der Waals surface area contributed by atoms with Gasteiger partial charge in [0.05, 0.1) is 5.38 Å². The molecule has 70 valence electrons. The minimum atomic E-state index is 0.328. The van der Waals surface area contributed by atoms with Crippen LogP contribution >= 0.6 is 11.6 Å². The van der Waals surface area contributed by atoms with Crippen molar-refractivity contribution in [1.82, 2.24) is 0 Å². The van der Waals surface area contributed by atoms with Gasteiger partial charge in [0.25, 0.3) is 0 Å². The van der Waals surface area contributed by atoms with Crippen LogP contribution in [0.15, 0.2) is 30.3 Å². The molecule has 0 aliphatic carbocycles. The lowest BCUT2D eigenvalue weighted by Gasteiger charge is -2.31. The summed E-state index contributed by atoms with van der Waals surface area (Å²) in [4.78, 5) is 2.36. The van der Waals surface area contributed by atoms with E-state index in [1.54, 1.807) is 0 Å². The van der Waals surface area contributed by atoms with Crippen LogP contribution in [0.4, 0.5) is 5.69 Å². The maximum absolute atomic E-state index is 6.12. The van der Waals surface area contributed by atoms with E-state index in [9.17, 15) is 0 Å². The quantitative estimate of drug-likeness (QED) is 0.623. The van der Waals surface area contributed by atoms with Crippen LogP contribution in [0, 0.1) is 0 Å². The molecule has 1 heterocycles. The van der Waals surface area contributed by atoms with Crippen LogP contribution in [-0.4, -0.2) is 18.5 Å². The molecule has 2 rings (SSSR count). The van der Waals surface area contributed by atoms with Gasteiger partial charge in [-0.1, -0.05) is 18.2 Å². The number of benzene rings is 1. The predicted octanol–water partition coefficient (Wildman–Crippen LogP) is 2.89. The molecule has 1 nitrogen and oxygen atoms in total. The number of para-hydroxylation sites is 1. The summed E-state index contributed by atoms with van der Waals surface area (Å²) in [5.41, 5.74) is 1.30. The largest absolute Gasteiger partial charge is 0.370 e. The van der Waals surface area contributed by atoms with Crippen LogP contribution in [0.2, 0.25) is 0 Å². The summed E-state index contributed by atoms with van der Waals surface area (Å²) in [7, 11) is 0. The SMILES string of the molecule is ClC1CCCN(c2ccccc2)C1. The Morgan fingerprint density at radius 1 is 1.23 bits per heavy atom. The summed E-state index contributed by atoms with van der Waals surface area (Å²) < 4.78 is 0. The molecule has 0 saturated carbocycles. The number of rotatable bonds is 1. The smallest absolute Gasteiger partial charge is 0.0511 e. The number of piperidine rings is 1. The summed E-state index contributed by atoms with van der Waals surface area (Å²) in [6, 6.07) is 10.5. The Morgan fingerprint density at radius 3 is 2.69 bits per heavy atom. The van der Waals surface area contributed by atoms with Gasteiger partial charge in [0.1, 0.15) is 0 Å². The summed E-state index contributed by atoms with van der Waals surface area (Å²) in [5, 5.41) is 0.328. The van der Waals surface area contributed by atoms with E-state index in [-0.39, 0.29) is 0 Å². The second-order valence-corrected chi connectivity index (χ2v) is 4.14. The zero-order valence-electron chi connectivity index (χ0n) is 7.62. The van der Waals surface area contributed by atoms with Gasteiger partial charge in [-0.25, -0.2) is 0 Å². The molecule has 1 unspecified atom stereocenters. The molecule has 13 heavy (non-hydrogen) atoms. The van der Waals surface area contributed by atoms with Crippen molar-refractivity contribution in [3.63, 3.8) is 0 Å². The Balaban J connectivity index is 2.08. The van der Waals surface area contributed by atoms with Crippen molar-refractivity contribution in [2.24, 2.45) is 0 Å². The molecule has 0 bridgehead atoms. The molecule has 1 atom stereocenters. The third kappa shape index (κ3) is 2.16. The molecule has 0 aromatic heterocycles. The number of hydrogen-bond acceptors (Lipinski definition) is 1. The number of halogens is 1. The molecule has 1 aromatic rings. The Morgan fingerprint density at radius 2 is 2.00 bits per heavy atom. The zero-order valence-corrected chi connectivity index (χ0v) is 8.37. The van der Waals surface area contributed by atoms with E-state index in [2.05, 4.69) is 29.2 Å². The lowest BCUT2D eigenvalue weighted by Crippen LogP contribution is -2.35. The molecule has 2 heteroatoms. The van der Waals surface area contributed by atoms with Gasteiger partial charge in [0.15, 0.2) is 0 Å². The van der Waals surface area contributed by atoms with Gasteiger partial charge in [-0.05, 0) is 25.0 Å². The van der Waals surface area contributed by atoms with E-state index in [4.69, 9.17) is 11.6 Å². The highest BCUT2D eigenvalue weighted by Crippen LogP contribution is 2.21. The lowest BCUT2D eigenvalue weighted by molar-refractivity contribution is 0.584. The lowest BCUT2D eigenvalue weighted by atomic mass is 10.1. The summed E-state index contributed by atoms with van der Waals surface area (Å²) in [5.74, 6) is 0. The molecule has 1 aromatic carbocycles. The van der Waals surface area contributed by atoms with Gasteiger partial charge in [0, 0.05) is 18.8 Å². The van der Waals surface area contributed by atoms with Crippen molar-refractivity contribution < 1.29 is 0 Å². The summed E-state index contributed by atoms with van der Waals surface area (Å²) in [6.07, 6.45) is 2.37. The van der Waals surface area contributed by atoms with Crippen molar-refractivity contribution in [2.75, 3.05) is 18.0 Å². The monoisotopic (exact) mass is 195 g/mol. The molecule has 0 radical (unpaired) electrons. The van der Waals surface area contributed by atoms with Gasteiger partial charge in [-0.15, -0.1) is 11.6 Å². The molecule has 1 aliphatic rings. The van der Waals surface area contributed by atoms with E-state index in [0.29, 0.717) is 5.38 Å². The highest BCUT2D eigenvalue weighted by molar-refractivity contribution is 6.21. The van der Waals surface area contributed by atoms with Crippen LogP contribution < -0.4 is 4.90 Å². The highest BCUT2D eigenvalue weighted by atomic mass is 35.5. The van der Waals surface area contributed by atoms with Crippen molar-refractivity contribution in [3.8, 4) is 0 Å². The number of nitrogens with zero attached hydrogens (tertiary/aromatic N) is 1. The average molecular weight is 196 g/mol. The van der Waals surface area contributed by atoms with Crippen molar-refractivity contribution in [1.29, 1.82) is 0 Å². The first-order chi connectivity index (χ1) is 6.36. The Kier molecular flexibility index (Phi) is 2.74. The van der Waals surface area contributed by atoms with E-state index in [1.165, 1.54) is 12.1 Å². The van der Waals surface area contributed by atoms with Gasteiger partial charge in [-0.3, -0.25) is 0 Å². The van der Waals surface area contributed by atoms with Crippen LogP contribution in [0.25, 0.3) is 0 Å². The van der Waals surface area contributed by atoms with Crippen molar-refractivity contribution in [3.05, 3.63) is 30.3 Å². The molecule has 0 amide bonds. The topological polar surface area (TPSA) is 3.24 Å². The molecule has 1 aliphatic heterocycles. The first-order valence-electron chi connectivity index (χ1n) is 4.80. The normalized spacial score (nSPS) is 23.2. The molecular weight excluding hydrogens is 182 g/mol. The number of anilines is 1. The van der Waals surface area contributed by atoms with E-state index < -0.39 is 0 Å². The molecule has 0 N–H and O–H groups in total. The minimum absolute atomic E-state index is 0.328. The summed E-state index contributed by atoms with van der Waals surface area (Å²) in [6.45, 7) is 2.14. The van der Waals surface area contributed by atoms with E-state index in [1.807, 2.05) is 6.07 Å². The van der Waals surface area contributed by atoms with E-state index in [0.717, 1.165) is 19.5 Å². The Hall–Kier alpha value is -0.690. The second kappa shape index (κ2) is 4.01. The fraction of sp³-hybridized carbons (Fsp3) is 0.455. The Labute approximate surface area is 84.3 Å². The zero-order chi connectivity index (χ0) is 9.10. The van der Waals surface area contributed by atoms with Gasteiger partial charge >= 0.3 is 0 Å². The maximum atomic E-state index is 6.12. The minimum Gasteiger partial charge on any atom is -0.370 e. The van der Waals surface area contributed by atoms with Crippen LogP contribution in [0.5, 0.6) is 0 Å². The van der Waals surface area contributed by atoms with Gasteiger partial charge in [0.2, 0.25) is 0 Å². The number of alkyl halides is 1. The second-order valence-electron chi connectivity index (χ2n) is 3.52. The molecule has 1 saturated heterocycles. The van der Waals surface area contributed by atoms with Gasteiger partial charge < -0.3 is 4.90 Å². The number of hydrogen-bond donors (Lipinski definition) is 0.